The van der Waals surface area contributed by atoms with Crippen LogP contribution in [0.25, 0.3) is 34.1 Å². The van der Waals surface area contributed by atoms with Crippen molar-refractivity contribution in [2.24, 2.45) is 0 Å². The van der Waals surface area contributed by atoms with Gasteiger partial charge in [-0.15, -0.1) is 0 Å². The maximum Gasteiger partial charge on any atom is 0.234 e. The molecule has 6 heterocycles. The molecule has 1 aliphatic heterocycles. The number of nitrogens with two attached hydrogens (primary N) is 1. The van der Waals surface area contributed by atoms with Crippen molar-refractivity contribution in [3.05, 3.63) is 90.3 Å². The minimum absolute atomic E-state index is 0.150. The Morgan fingerprint density at radius 3 is 2.68 bits per heavy atom. The van der Waals surface area contributed by atoms with E-state index in [1.807, 2.05) is 42.6 Å². The quantitative estimate of drug-likeness (QED) is 0.262. The summed E-state index contributed by atoms with van der Waals surface area (Å²) >= 11 is 0. The van der Waals surface area contributed by atoms with Gasteiger partial charge in [0.2, 0.25) is 5.82 Å². The van der Waals surface area contributed by atoms with Gasteiger partial charge >= 0.3 is 0 Å². The molecule has 3 N–H and O–H groups in total. The Balaban J connectivity index is 1.07. The number of rotatable bonds is 7. The lowest BCUT2D eigenvalue weighted by Gasteiger charge is -2.35. The summed E-state index contributed by atoms with van der Waals surface area (Å²) in [4.78, 5) is 25.0. The summed E-state index contributed by atoms with van der Waals surface area (Å²) in [6.45, 7) is 1.63. The van der Waals surface area contributed by atoms with Gasteiger partial charge in [-0.25, -0.2) is 24.6 Å². The van der Waals surface area contributed by atoms with E-state index in [4.69, 9.17) is 20.4 Å². The Kier molecular flexibility index (Phi) is 7.18. The van der Waals surface area contributed by atoms with E-state index in [0.717, 1.165) is 61.2 Å². The molecule has 6 aromatic rings. The van der Waals surface area contributed by atoms with Gasteiger partial charge in [-0.3, -0.25) is 4.57 Å². The van der Waals surface area contributed by atoms with Crippen molar-refractivity contribution < 1.29 is 4.74 Å². The second-order valence-corrected chi connectivity index (χ2v) is 11.8. The van der Waals surface area contributed by atoms with Crippen LogP contribution in [-0.2, 0) is 6.42 Å². The molecule has 8 rings (SSSR count). The van der Waals surface area contributed by atoms with Crippen LogP contribution in [-0.4, -0.2) is 65.5 Å². The fourth-order valence-corrected chi connectivity index (χ4v) is 6.76. The fourth-order valence-electron chi connectivity index (χ4n) is 6.76. The first-order valence-corrected chi connectivity index (χ1v) is 15.7. The molecular weight excluding hydrogens is 592 g/mol. The molecule has 0 amide bonds. The average molecular weight is 625 g/mol. The predicted molar refractivity (Wildman–Crippen MR) is 176 cm³/mol. The largest absolute Gasteiger partial charge is 0.491 e. The molecule has 1 aromatic carbocycles. The first-order valence-electron chi connectivity index (χ1n) is 15.7. The first-order chi connectivity index (χ1) is 23.1. The summed E-state index contributed by atoms with van der Waals surface area (Å²) in [6, 6.07) is 18.9. The summed E-state index contributed by atoms with van der Waals surface area (Å²) in [5.74, 6) is 3.23. The number of methoxy groups -OCH3 is 1. The number of piperidine rings is 1. The van der Waals surface area contributed by atoms with Crippen molar-refractivity contribution in [2.75, 3.05) is 30.8 Å². The van der Waals surface area contributed by atoms with E-state index in [0.29, 0.717) is 35.1 Å². The minimum Gasteiger partial charge on any atom is -0.491 e. The molecule has 1 aliphatic carbocycles. The van der Waals surface area contributed by atoms with Crippen molar-refractivity contribution in [3.63, 3.8) is 0 Å². The van der Waals surface area contributed by atoms with Gasteiger partial charge in [0.1, 0.15) is 17.4 Å². The molecule has 0 unspecified atom stereocenters. The molecule has 234 valence electrons. The molecule has 0 radical (unpaired) electrons. The number of benzene rings is 1. The van der Waals surface area contributed by atoms with Crippen LogP contribution in [0, 0.1) is 11.3 Å². The van der Waals surface area contributed by atoms with Gasteiger partial charge in [0, 0.05) is 49.5 Å². The number of nitrogens with one attached hydrogen (secondary N) is 1. The molecule has 47 heavy (non-hydrogen) atoms. The Hall–Kier alpha value is -5.87. The summed E-state index contributed by atoms with van der Waals surface area (Å²) in [6.07, 6.45) is 10.8. The number of hydrogen-bond acceptors (Lipinski definition) is 11. The number of imidazole rings is 1. The maximum atomic E-state index is 9.28. The number of anilines is 2. The van der Waals surface area contributed by atoms with E-state index in [2.05, 4.69) is 53.0 Å². The molecule has 0 spiro atoms. The third-order valence-corrected chi connectivity index (χ3v) is 9.06. The molecule has 1 fully saturated rings. The van der Waals surface area contributed by atoms with Gasteiger partial charge in [-0.1, -0.05) is 6.07 Å². The van der Waals surface area contributed by atoms with Gasteiger partial charge in [0.05, 0.1) is 18.9 Å². The van der Waals surface area contributed by atoms with Gasteiger partial charge in [-0.2, -0.15) is 15.3 Å². The van der Waals surface area contributed by atoms with Crippen LogP contribution in [0.1, 0.15) is 42.3 Å². The van der Waals surface area contributed by atoms with E-state index in [-0.39, 0.29) is 11.9 Å². The molecule has 2 aliphatic rings. The third kappa shape index (κ3) is 5.18. The molecule has 0 bridgehead atoms. The third-order valence-electron chi connectivity index (χ3n) is 9.06. The maximum absolute atomic E-state index is 9.28. The molecule has 0 saturated carbocycles. The van der Waals surface area contributed by atoms with Crippen LogP contribution in [0.2, 0.25) is 0 Å². The van der Waals surface area contributed by atoms with Gasteiger partial charge < -0.3 is 20.7 Å². The number of ether oxygens (including phenoxy) is 1. The summed E-state index contributed by atoms with van der Waals surface area (Å²) in [7, 11) is 1.60. The zero-order valence-corrected chi connectivity index (χ0v) is 25.8. The normalized spacial score (nSPS) is 16.3. The number of nitrogen functional groups attached to an aromatic ring is 1. The Morgan fingerprint density at radius 1 is 1.00 bits per heavy atom. The number of aromatic nitrogens is 8. The van der Waals surface area contributed by atoms with Crippen molar-refractivity contribution in [1.29, 1.82) is 5.26 Å². The lowest BCUT2D eigenvalue weighted by molar-refractivity contribution is 0.363. The topological polar surface area (TPSA) is 162 Å². The van der Waals surface area contributed by atoms with E-state index in [1.54, 1.807) is 30.4 Å². The Labute approximate surface area is 270 Å². The highest BCUT2D eigenvalue weighted by Gasteiger charge is 2.29. The van der Waals surface area contributed by atoms with Gasteiger partial charge in [0.15, 0.2) is 28.9 Å². The molecular formula is C34H32N12O. The van der Waals surface area contributed by atoms with Crippen molar-refractivity contribution in [2.45, 2.75) is 37.8 Å². The van der Waals surface area contributed by atoms with Crippen LogP contribution in [0.4, 0.5) is 11.6 Å². The SMILES string of the molecule is COc1cnc(C#N)nc1N1CCC(N[C@H]2CCc3cc(-n4c(-c5cccnc5N)nc5ccc(-n6cccn6)nc54)ccc32)CC1. The highest BCUT2D eigenvalue weighted by atomic mass is 16.5. The van der Waals surface area contributed by atoms with Crippen molar-refractivity contribution in [3.8, 4) is 34.7 Å². The zero-order chi connectivity index (χ0) is 31.9. The Bertz CT molecular complexity index is 2130. The molecule has 1 atom stereocenters. The molecule has 13 nitrogen and oxygen atoms in total. The Morgan fingerprint density at radius 2 is 1.89 bits per heavy atom. The monoisotopic (exact) mass is 624 g/mol. The molecule has 13 heteroatoms. The van der Waals surface area contributed by atoms with Crippen molar-refractivity contribution >= 4 is 22.8 Å². The van der Waals surface area contributed by atoms with Crippen molar-refractivity contribution in [1.82, 2.24) is 44.6 Å². The molecule has 1 saturated heterocycles. The summed E-state index contributed by atoms with van der Waals surface area (Å²) in [5, 5.41) is 17.6. The smallest absolute Gasteiger partial charge is 0.234 e. The van der Waals surface area contributed by atoms with Crippen LogP contribution < -0.4 is 20.7 Å². The minimum atomic E-state index is 0.150. The number of nitrogens with zero attached hydrogens (tertiary/aromatic N) is 10. The number of hydrogen-bond donors (Lipinski definition) is 2. The summed E-state index contributed by atoms with van der Waals surface area (Å²) < 4.78 is 9.30. The second-order valence-electron chi connectivity index (χ2n) is 11.8. The lowest BCUT2D eigenvalue weighted by Crippen LogP contribution is -2.43. The summed E-state index contributed by atoms with van der Waals surface area (Å²) in [5.41, 5.74) is 12.2. The van der Waals surface area contributed by atoms with E-state index in [1.165, 1.54) is 11.1 Å². The lowest BCUT2D eigenvalue weighted by atomic mass is 10.0. The number of aryl methyl sites for hydroxylation is 1. The first kappa shape index (κ1) is 28.6. The van der Waals surface area contributed by atoms with Crippen LogP contribution in [0.15, 0.2) is 73.3 Å². The van der Waals surface area contributed by atoms with Gasteiger partial charge in [0.25, 0.3) is 0 Å². The van der Waals surface area contributed by atoms with Crippen LogP contribution in [0.5, 0.6) is 5.75 Å². The van der Waals surface area contributed by atoms with E-state index >= 15 is 0 Å². The van der Waals surface area contributed by atoms with Crippen LogP contribution >= 0.6 is 0 Å². The number of pyridine rings is 2. The number of fused-ring (bicyclic) bond motifs is 2. The average Bonchev–Trinajstić information content (AvgIpc) is 3.87. The molecule has 5 aromatic heterocycles. The highest BCUT2D eigenvalue weighted by molar-refractivity contribution is 5.83. The van der Waals surface area contributed by atoms with Crippen LogP contribution in [0.3, 0.4) is 0 Å². The standard InChI is InChI=1S/C34H32N12O/c1-47-28-20-38-29(19-35)42-34(28)44-16-11-22(12-17-44)40-26-8-5-21-18-23(6-7-24(21)26)46-32(25-4-2-13-37-31(25)36)41-27-9-10-30(43-33(27)46)45-15-3-14-39-45/h2-4,6-7,9-10,13-15,18,20,22,26,40H,5,8,11-12,16-17H2,1H3,(H2,36,37)/t26-/m0/s1. The highest BCUT2D eigenvalue weighted by Crippen LogP contribution is 2.37. The zero-order valence-electron chi connectivity index (χ0n) is 25.8. The number of nitriles is 1. The van der Waals surface area contributed by atoms with E-state index < -0.39 is 0 Å². The second kappa shape index (κ2) is 11.8. The fraction of sp³-hybridized carbons (Fsp3) is 0.265. The van der Waals surface area contributed by atoms with Gasteiger partial charge in [-0.05, 0) is 79.3 Å². The predicted octanol–water partition coefficient (Wildman–Crippen LogP) is 4.17. The van der Waals surface area contributed by atoms with E-state index in [9.17, 15) is 5.26 Å².